The molecule has 156 valence electrons. The average molecular weight is 420 g/mol. The number of carbonyl (C=O) groups excluding carboxylic acids is 1. The molecule has 2 aromatic rings. The lowest BCUT2D eigenvalue weighted by Crippen LogP contribution is -2.40. The van der Waals surface area contributed by atoms with Gasteiger partial charge in [0, 0.05) is 24.0 Å². The second-order valence-electron chi connectivity index (χ2n) is 8.29. The highest BCUT2D eigenvalue weighted by Gasteiger charge is 2.31. The third kappa shape index (κ3) is 4.73. The summed E-state index contributed by atoms with van der Waals surface area (Å²) in [6.07, 6.45) is 8.54. The van der Waals surface area contributed by atoms with Crippen LogP contribution in [0.2, 0.25) is 5.02 Å². The lowest BCUT2D eigenvalue weighted by atomic mass is 9.90. The van der Waals surface area contributed by atoms with Crippen LogP contribution in [-0.2, 0) is 0 Å². The summed E-state index contributed by atoms with van der Waals surface area (Å²) in [5.74, 6) is 0.0786. The Hall–Kier alpha value is -2.12. The molecule has 8 heteroatoms. The number of rotatable bonds is 7. The highest BCUT2D eigenvalue weighted by atomic mass is 35.5. The summed E-state index contributed by atoms with van der Waals surface area (Å²) in [5, 5.41) is 11.4. The van der Waals surface area contributed by atoms with E-state index in [-0.39, 0.29) is 11.1 Å². The van der Waals surface area contributed by atoms with E-state index in [1.54, 1.807) is 12.3 Å². The van der Waals surface area contributed by atoms with Gasteiger partial charge in [0.05, 0.1) is 11.1 Å². The third-order valence-electron chi connectivity index (χ3n) is 6.08. The molecule has 1 aromatic heterocycles. The van der Waals surface area contributed by atoms with Gasteiger partial charge in [0.15, 0.2) is 5.82 Å². The molecule has 0 saturated heterocycles. The molecule has 2 fully saturated rings. The van der Waals surface area contributed by atoms with Gasteiger partial charge in [0.2, 0.25) is 0 Å². The maximum atomic E-state index is 13.7. The summed E-state index contributed by atoms with van der Waals surface area (Å²) in [6, 6.07) is 5.72. The quantitative estimate of drug-likeness (QED) is 0.621. The van der Waals surface area contributed by atoms with E-state index in [2.05, 4.69) is 22.7 Å². The number of nitrogens with one attached hydrogen (secondary N) is 2. The molecule has 1 atom stereocenters. The fraction of sp³-hybridized carbons (Fsp3) is 0.524. The number of primary amides is 1. The summed E-state index contributed by atoms with van der Waals surface area (Å²) in [4.78, 5) is 11.9. The first kappa shape index (κ1) is 20.2. The smallest absolute Gasteiger partial charge is 0.254 e. The monoisotopic (exact) mass is 419 g/mol. The normalized spacial score (nSPS) is 23.0. The molecule has 0 bridgehead atoms. The second-order valence-corrected chi connectivity index (χ2v) is 8.69. The van der Waals surface area contributed by atoms with Crippen molar-refractivity contribution in [1.29, 1.82) is 0 Å². The molecular formula is C21H27ClFN5O. The Morgan fingerprint density at radius 3 is 2.62 bits per heavy atom. The van der Waals surface area contributed by atoms with Crippen molar-refractivity contribution in [2.24, 2.45) is 11.7 Å². The maximum Gasteiger partial charge on any atom is 0.254 e. The third-order valence-corrected chi connectivity index (χ3v) is 6.38. The Bertz CT molecular complexity index is 889. The molecule has 2 aliphatic rings. The molecule has 0 aliphatic heterocycles. The Labute approximate surface area is 175 Å². The van der Waals surface area contributed by atoms with Gasteiger partial charge in [-0.15, -0.1) is 0 Å². The van der Waals surface area contributed by atoms with Crippen molar-refractivity contribution in [2.75, 3.05) is 5.32 Å². The van der Waals surface area contributed by atoms with Gasteiger partial charge in [0.1, 0.15) is 11.4 Å². The molecule has 1 amide bonds. The number of benzene rings is 1. The van der Waals surface area contributed by atoms with Crippen LogP contribution in [0, 0.1) is 11.7 Å². The van der Waals surface area contributed by atoms with Crippen LogP contribution in [0.15, 0.2) is 24.4 Å². The second kappa shape index (κ2) is 8.32. The van der Waals surface area contributed by atoms with Gasteiger partial charge >= 0.3 is 0 Å². The Balaban J connectivity index is 1.43. The molecule has 1 aromatic carbocycles. The minimum absolute atomic E-state index is 0.0394. The fourth-order valence-electron chi connectivity index (χ4n) is 4.17. The van der Waals surface area contributed by atoms with Crippen LogP contribution in [0.25, 0.3) is 0 Å². The number of carbonyl (C=O) groups is 1. The molecule has 1 heterocycles. The summed E-state index contributed by atoms with van der Waals surface area (Å²) >= 11 is 5.73. The van der Waals surface area contributed by atoms with E-state index in [0.29, 0.717) is 29.2 Å². The van der Waals surface area contributed by atoms with E-state index in [1.165, 1.54) is 25.0 Å². The van der Waals surface area contributed by atoms with Crippen LogP contribution < -0.4 is 16.4 Å². The summed E-state index contributed by atoms with van der Waals surface area (Å²) in [5.41, 5.74) is 6.29. The number of nitrogens with zero attached hydrogens (tertiary/aromatic N) is 2. The molecule has 29 heavy (non-hydrogen) atoms. The van der Waals surface area contributed by atoms with Crippen LogP contribution in [0.5, 0.6) is 0 Å². The Morgan fingerprint density at radius 2 is 2.00 bits per heavy atom. The van der Waals surface area contributed by atoms with Crippen molar-refractivity contribution in [1.82, 2.24) is 15.1 Å². The van der Waals surface area contributed by atoms with Crippen molar-refractivity contribution in [3.8, 4) is 0 Å². The standard InChI is InChI=1S/C21H27ClFN5O/c1-12(13-2-3-13)25-14-4-7-16(8-5-14)28-11-17(20(24)29)21(27-28)26-15-6-9-18(22)19(23)10-15/h6,9-14,16,25H,2-5,7-8H2,1H3,(H2,24,29)(H,26,27). The van der Waals surface area contributed by atoms with E-state index in [0.717, 1.165) is 31.6 Å². The lowest BCUT2D eigenvalue weighted by molar-refractivity contribution is 0.100. The number of hydrogen-bond donors (Lipinski definition) is 3. The first-order valence-corrected chi connectivity index (χ1v) is 10.7. The van der Waals surface area contributed by atoms with E-state index in [4.69, 9.17) is 17.3 Å². The highest BCUT2D eigenvalue weighted by Crippen LogP contribution is 2.35. The molecule has 2 saturated carbocycles. The van der Waals surface area contributed by atoms with E-state index in [9.17, 15) is 9.18 Å². The van der Waals surface area contributed by atoms with Gasteiger partial charge in [-0.05, 0) is 69.6 Å². The molecule has 2 aliphatic carbocycles. The minimum Gasteiger partial charge on any atom is -0.365 e. The molecule has 4 rings (SSSR count). The maximum absolute atomic E-state index is 13.7. The highest BCUT2D eigenvalue weighted by molar-refractivity contribution is 6.30. The Morgan fingerprint density at radius 1 is 1.28 bits per heavy atom. The van der Waals surface area contributed by atoms with Crippen LogP contribution >= 0.6 is 11.6 Å². The van der Waals surface area contributed by atoms with Gasteiger partial charge in [-0.1, -0.05) is 11.6 Å². The van der Waals surface area contributed by atoms with Gasteiger partial charge in [0.25, 0.3) is 5.91 Å². The molecular weight excluding hydrogens is 393 g/mol. The molecule has 0 spiro atoms. The molecule has 6 nitrogen and oxygen atoms in total. The Kier molecular flexibility index (Phi) is 5.79. The number of amides is 1. The van der Waals surface area contributed by atoms with Crippen molar-refractivity contribution in [2.45, 2.75) is 63.6 Å². The summed E-state index contributed by atoms with van der Waals surface area (Å²) in [6.45, 7) is 2.29. The van der Waals surface area contributed by atoms with Crippen molar-refractivity contribution < 1.29 is 9.18 Å². The van der Waals surface area contributed by atoms with Crippen LogP contribution in [-0.4, -0.2) is 27.8 Å². The molecule has 0 radical (unpaired) electrons. The topological polar surface area (TPSA) is 85.0 Å². The van der Waals surface area contributed by atoms with Gasteiger partial charge in [-0.3, -0.25) is 9.48 Å². The average Bonchev–Trinajstić information content (AvgIpc) is 3.46. The zero-order chi connectivity index (χ0) is 20.5. The largest absolute Gasteiger partial charge is 0.365 e. The number of nitrogens with two attached hydrogens (primary N) is 1. The zero-order valence-corrected chi connectivity index (χ0v) is 17.3. The van der Waals surface area contributed by atoms with Crippen LogP contribution in [0.3, 0.4) is 0 Å². The van der Waals surface area contributed by atoms with Crippen molar-refractivity contribution in [3.05, 3.63) is 40.8 Å². The van der Waals surface area contributed by atoms with E-state index in [1.807, 2.05) is 4.68 Å². The summed E-state index contributed by atoms with van der Waals surface area (Å²) < 4.78 is 15.6. The lowest BCUT2D eigenvalue weighted by Gasteiger charge is -2.31. The predicted molar refractivity (Wildman–Crippen MR) is 112 cm³/mol. The summed E-state index contributed by atoms with van der Waals surface area (Å²) in [7, 11) is 0. The van der Waals surface area contributed by atoms with Gasteiger partial charge < -0.3 is 16.4 Å². The van der Waals surface area contributed by atoms with Crippen molar-refractivity contribution >= 4 is 29.0 Å². The molecule has 4 N–H and O–H groups in total. The SMILES string of the molecule is CC(NC1CCC(n2cc(C(N)=O)c(Nc3ccc(Cl)c(F)c3)n2)CC1)C1CC1. The van der Waals surface area contributed by atoms with Gasteiger partial charge in [-0.2, -0.15) is 5.10 Å². The fourth-order valence-corrected chi connectivity index (χ4v) is 4.29. The number of anilines is 2. The zero-order valence-electron chi connectivity index (χ0n) is 16.5. The first-order valence-electron chi connectivity index (χ1n) is 10.3. The minimum atomic E-state index is -0.568. The van der Waals surface area contributed by atoms with Gasteiger partial charge in [-0.25, -0.2) is 4.39 Å². The first-order chi connectivity index (χ1) is 13.9. The van der Waals surface area contributed by atoms with E-state index >= 15 is 0 Å². The van der Waals surface area contributed by atoms with E-state index < -0.39 is 11.7 Å². The number of halogens is 2. The number of hydrogen-bond acceptors (Lipinski definition) is 4. The van der Waals surface area contributed by atoms with Crippen molar-refractivity contribution in [3.63, 3.8) is 0 Å². The van der Waals surface area contributed by atoms with Crippen LogP contribution in [0.4, 0.5) is 15.9 Å². The molecule has 1 unspecified atom stereocenters. The van der Waals surface area contributed by atoms with Crippen LogP contribution in [0.1, 0.15) is 61.8 Å². The predicted octanol–water partition coefficient (Wildman–Crippen LogP) is 4.39. The number of aromatic nitrogens is 2.